The monoisotopic (exact) mass is 257 g/mol. The summed E-state index contributed by atoms with van der Waals surface area (Å²) in [5.41, 5.74) is 11.9. The second-order valence-electron chi connectivity index (χ2n) is 5.34. The summed E-state index contributed by atoms with van der Waals surface area (Å²) in [7, 11) is 0. The van der Waals surface area contributed by atoms with Crippen molar-refractivity contribution in [2.24, 2.45) is 5.73 Å². The fourth-order valence-electron chi connectivity index (χ4n) is 2.36. The highest BCUT2D eigenvalue weighted by Gasteiger charge is 2.12. The summed E-state index contributed by atoms with van der Waals surface area (Å²) in [6, 6.07) is 4.34. The second-order valence-corrected chi connectivity index (χ2v) is 5.34. The Kier molecular flexibility index (Phi) is 4.05. The number of rotatable bonds is 4. The fraction of sp³-hybridized carbons (Fsp3) is 0.438. The molecular formula is C16H23N3. The number of benzene rings is 1. The smallest absolute Gasteiger partial charge is 0.109 e. The van der Waals surface area contributed by atoms with Crippen molar-refractivity contribution in [3.63, 3.8) is 0 Å². The van der Waals surface area contributed by atoms with E-state index in [0.717, 1.165) is 17.9 Å². The van der Waals surface area contributed by atoms with Crippen LogP contribution in [0.1, 0.15) is 41.8 Å². The lowest BCUT2D eigenvalue weighted by atomic mass is 9.97. The molecule has 0 spiro atoms. The number of nitrogens with two attached hydrogens (primary N) is 1. The van der Waals surface area contributed by atoms with E-state index in [4.69, 9.17) is 5.73 Å². The van der Waals surface area contributed by atoms with Crippen LogP contribution >= 0.6 is 0 Å². The number of hydrogen-bond donors (Lipinski definition) is 2. The highest BCUT2D eigenvalue weighted by molar-refractivity contribution is 5.65. The molecule has 0 saturated heterocycles. The van der Waals surface area contributed by atoms with Crippen LogP contribution in [0.3, 0.4) is 0 Å². The van der Waals surface area contributed by atoms with Gasteiger partial charge in [-0.15, -0.1) is 0 Å². The normalized spacial score (nSPS) is 12.7. The van der Waals surface area contributed by atoms with Gasteiger partial charge in [-0.05, 0) is 50.4 Å². The standard InChI is InChI=1S/C16H23N3/c1-10-5-6-14(13(4)12(10)3)15-9-18-16(19-15)11(2)7-8-17/h5-6,9,11H,7-8,17H2,1-4H3,(H,18,19). The van der Waals surface area contributed by atoms with E-state index in [1.807, 2.05) is 6.20 Å². The minimum Gasteiger partial charge on any atom is -0.342 e. The van der Waals surface area contributed by atoms with Gasteiger partial charge in [0.2, 0.25) is 0 Å². The summed E-state index contributed by atoms with van der Waals surface area (Å²) in [4.78, 5) is 7.93. The molecule has 3 nitrogen and oxygen atoms in total. The Morgan fingerprint density at radius 2 is 1.95 bits per heavy atom. The van der Waals surface area contributed by atoms with Crippen LogP contribution < -0.4 is 5.73 Å². The minimum atomic E-state index is 0.380. The number of aryl methyl sites for hydroxylation is 1. The van der Waals surface area contributed by atoms with Gasteiger partial charge in [0.15, 0.2) is 0 Å². The molecule has 1 unspecified atom stereocenters. The maximum absolute atomic E-state index is 5.60. The zero-order valence-electron chi connectivity index (χ0n) is 12.2. The molecule has 0 fully saturated rings. The van der Waals surface area contributed by atoms with Gasteiger partial charge in [0, 0.05) is 11.5 Å². The third-order valence-electron chi connectivity index (χ3n) is 4.01. The number of imidazole rings is 1. The molecule has 1 heterocycles. The number of nitrogens with zero attached hydrogens (tertiary/aromatic N) is 1. The van der Waals surface area contributed by atoms with Crippen LogP contribution in [0.15, 0.2) is 18.3 Å². The molecule has 3 heteroatoms. The molecule has 2 rings (SSSR count). The van der Waals surface area contributed by atoms with Crippen molar-refractivity contribution in [2.45, 2.75) is 40.0 Å². The Morgan fingerprint density at radius 1 is 1.21 bits per heavy atom. The molecule has 0 aliphatic heterocycles. The molecule has 102 valence electrons. The Morgan fingerprint density at radius 3 is 2.63 bits per heavy atom. The first kappa shape index (κ1) is 13.8. The van der Waals surface area contributed by atoms with Crippen LogP contribution in [0.2, 0.25) is 0 Å². The van der Waals surface area contributed by atoms with Crippen molar-refractivity contribution < 1.29 is 0 Å². The molecular weight excluding hydrogens is 234 g/mol. The van der Waals surface area contributed by atoms with E-state index in [0.29, 0.717) is 12.5 Å². The van der Waals surface area contributed by atoms with Crippen molar-refractivity contribution in [1.82, 2.24) is 9.97 Å². The van der Waals surface area contributed by atoms with E-state index in [-0.39, 0.29) is 0 Å². The van der Waals surface area contributed by atoms with Gasteiger partial charge in [0.1, 0.15) is 5.82 Å². The lowest BCUT2D eigenvalue weighted by Gasteiger charge is -2.10. The number of aromatic amines is 1. The van der Waals surface area contributed by atoms with E-state index < -0.39 is 0 Å². The Bertz CT molecular complexity index is 569. The highest BCUT2D eigenvalue weighted by atomic mass is 14.9. The molecule has 3 N–H and O–H groups in total. The molecule has 2 aromatic rings. The summed E-state index contributed by atoms with van der Waals surface area (Å²) in [6.07, 6.45) is 2.89. The molecule has 0 aliphatic carbocycles. The van der Waals surface area contributed by atoms with E-state index in [1.54, 1.807) is 0 Å². The summed E-state index contributed by atoms with van der Waals surface area (Å²) < 4.78 is 0. The van der Waals surface area contributed by atoms with E-state index in [2.05, 4.69) is 49.8 Å². The quantitative estimate of drug-likeness (QED) is 0.881. The summed E-state index contributed by atoms with van der Waals surface area (Å²) in [6.45, 7) is 9.33. The van der Waals surface area contributed by atoms with Crippen molar-refractivity contribution >= 4 is 0 Å². The van der Waals surface area contributed by atoms with Crippen LogP contribution in [-0.2, 0) is 0 Å². The number of hydrogen-bond acceptors (Lipinski definition) is 2. The highest BCUT2D eigenvalue weighted by Crippen LogP contribution is 2.27. The first-order chi connectivity index (χ1) is 9.04. The summed E-state index contributed by atoms with van der Waals surface area (Å²) >= 11 is 0. The van der Waals surface area contributed by atoms with E-state index in [9.17, 15) is 0 Å². The van der Waals surface area contributed by atoms with Gasteiger partial charge in [-0.1, -0.05) is 19.1 Å². The van der Waals surface area contributed by atoms with Crippen LogP contribution in [-0.4, -0.2) is 16.5 Å². The van der Waals surface area contributed by atoms with Gasteiger partial charge in [0.05, 0.1) is 11.9 Å². The molecule has 0 aliphatic rings. The van der Waals surface area contributed by atoms with Crippen molar-refractivity contribution in [2.75, 3.05) is 6.54 Å². The van der Waals surface area contributed by atoms with E-state index >= 15 is 0 Å². The van der Waals surface area contributed by atoms with Crippen LogP contribution in [0.5, 0.6) is 0 Å². The van der Waals surface area contributed by atoms with Gasteiger partial charge < -0.3 is 10.7 Å². The number of nitrogens with one attached hydrogen (secondary N) is 1. The number of aromatic nitrogens is 2. The summed E-state index contributed by atoms with van der Waals surface area (Å²) in [5, 5.41) is 0. The maximum Gasteiger partial charge on any atom is 0.109 e. The lowest BCUT2D eigenvalue weighted by molar-refractivity contribution is 0.655. The first-order valence-electron chi connectivity index (χ1n) is 6.86. The van der Waals surface area contributed by atoms with Gasteiger partial charge >= 0.3 is 0 Å². The molecule has 0 saturated carbocycles. The second kappa shape index (κ2) is 5.57. The zero-order chi connectivity index (χ0) is 14.0. The van der Waals surface area contributed by atoms with Gasteiger partial charge in [-0.25, -0.2) is 4.98 Å². The van der Waals surface area contributed by atoms with Crippen molar-refractivity contribution in [1.29, 1.82) is 0 Å². The average molecular weight is 257 g/mol. The molecule has 19 heavy (non-hydrogen) atoms. The Hall–Kier alpha value is -1.61. The average Bonchev–Trinajstić information content (AvgIpc) is 2.86. The maximum atomic E-state index is 5.60. The summed E-state index contributed by atoms with van der Waals surface area (Å²) in [5.74, 6) is 1.41. The van der Waals surface area contributed by atoms with E-state index in [1.165, 1.54) is 22.3 Å². The van der Waals surface area contributed by atoms with Crippen LogP contribution in [0.4, 0.5) is 0 Å². The lowest BCUT2D eigenvalue weighted by Crippen LogP contribution is -2.05. The topological polar surface area (TPSA) is 54.7 Å². The van der Waals surface area contributed by atoms with Crippen LogP contribution in [0, 0.1) is 20.8 Å². The number of H-pyrrole nitrogens is 1. The predicted molar refractivity (Wildman–Crippen MR) is 80.3 cm³/mol. The van der Waals surface area contributed by atoms with Crippen LogP contribution in [0.25, 0.3) is 11.3 Å². The molecule has 1 aromatic carbocycles. The Labute approximate surface area is 115 Å². The third kappa shape index (κ3) is 2.71. The molecule has 0 radical (unpaired) electrons. The largest absolute Gasteiger partial charge is 0.342 e. The van der Waals surface area contributed by atoms with Gasteiger partial charge in [-0.2, -0.15) is 0 Å². The molecule has 1 aromatic heterocycles. The van der Waals surface area contributed by atoms with Gasteiger partial charge in [0.25, 0.3) is 0 Å². The molecule has 1 atom stereocenters. The fourth-order valence-corrected chi connectivity index (χ4v) is 2.36. The molecule has 0 amide bonds. The SMILES string of the molecule is Cc1ccc(-c2cnc(C(C)CCN)[nH]2)c(C)c1C. The predicted octanol–water partition coefficient (Wildman–Crippen LogP) is 3.45. The van der Waals surface area contributed by atoms with Gasteiger partial charge in [-0.3, -0.25) is 0 Å². The van der Waals surface area contributed by atoms with Crippen molar-refractivity contribution in [3.8, 4) is 11.3 Å². The third-order valence-corrected chi connectivity index (χ3v) is 4.01. The zero-order valence-corrected chi connectivity index (χ0v) is 12.2. The molecule has 0 bridgehead atoms. The minimum absolute atomic E-state index is 0.380. The first-order valence-corrected chi connectivity index (χ1v) is 6.86. The Balaban J connectivity index is 2.36. The van der Waals surface area contributed by atoms with Crippen molar-refractivity contribution in [3.05, 3.63) is 40.8 Å².